The molecule has 0 saturated heterocycles. The topological polar surface area (TPSA) is 131 Å². The van der Waals surface area contributed by atoms with E-state index in [4.69, 9.17) is 33.9 Å². The highest BCUT2D eigenvalue weighted by atomic mass is 35.5. The van der Waals surface area contributed by atoms with Crippen molar-refractivity contribution in [3.05, 3.63) is 34.2 Å². The summed E-state index contributed by atoms with van der Waals surface area (Å²) in [5, 5.41) is 16.7. The Kier molecular flexibility index (Phi) is 8.48. The Morgan fingerprint density at radius 2 is 2.03 bits per heavy atom. The van der Waals surface area contributed by atoms with Crippen LogP contribution in [0, 0.1) is 5.82 Å². The number of primary amides is 1. The van der Waals surface area contributed by atoms with Gasteiger partial charge >= 0.3 is 0 Å². The molecule has 1 unspecified atom stereocenters. The number of fused-ring (bicyclic) bond motifs is 1. The van der Waals surface area contributed by atoms with Crippen LogP contribution in [0.3, 0.4) is 0 Å². The Morgan fingerprint density at radius 3 is 2.69 bits per heavy atom. The Morgan fingerprint density at radius 1 is 1.28 bits per heavy atom. The number of hydrogen-bond acceptors (Lipinski definition) is 7. The van der Waals surface area contributed by atoms with E-state index in [2.05, 4.69) is 20.6 Å². The number of anilines is 3. The normalized spacial score (nSPS) is 18.8. The van der Waals surface area contributed by atoms with E-state index < -0.39 is 11.7 Å². The molecular formula is C24H30Cl2FN7O2. The number of nitrogens with two attached hydrogens (primary N) is 1. The minimum atomic E-state index is -0.552. The first-order valence-electron chi connectivity index (χ1n) is 12.1. The Balaban J connectivity index is 1.77. The minimum absolute atomic E-state index is 0.0679. The molecule has 9 nitrogen and oxygen atoms in total. The summed E-state index contributed by atoms with van der Waals surface area (Å²) in [6.45, 7) is 2.05. The summed E-state index contributed by atoms with van der Waals surface area (Å²) in [5.41, 5.74) is 6.85. The fourth-order valence-electron chi connectivity index (χ4n) is 4.69. The number of hydrogen-bond donors (Lipinski definition) is 4. The summed E-state index contributed by atoms with van der Waals surface area (Å²) in [6.07, 6.45) is 6.82. The van der Waals surface area contributed by atoms with E-state index in [1.54, 1.807) is 6.20 Å². The first-order chi connectivity index (χ1) is 17.2. The molecule has 194 valence electrons. The van der Waals surface area contributed by atoms with E-state index in [1.165, 1.54) is 12.1 Å². The molecular weight excluding hydrogens is 508 g/mol. The van der Waals surface area contributed by atoms with Crippen LogP contribution < -0.4 is 16.4 Å². The summed E-state index contributed by atoms with van der Waals surface area (Å²) in [6, 6.07) is 2.24. The van der Waals surface area contributed by atoms with Gasteiger partial charge in [-0.2, -0.15) is 4.98 Å². The second-order valence-corrected chi connectivity index (χ2v) is 10.0. The molecule has 0 spiro atoms. The number of carbonyl (C=O) groups excluding carboxylic acids is 1. The number of aliphatic hydroxyl groups excluding tert-OH is 1. The highest BCUT2D eigenvalue weighted by molar-refractivity contribution is 6.39. The highest BCUT2D eigenvalue weighted by Crippen LogP contribution is 2.37. The van der Waals surface area contributed by atoms with Crippen molar-refractivity contribution in [3.63, 3.8) is 0 Å². The molecule has 1 aliphatic rings. The lowest BCUT2D eigenvalue weighted by atomic mass is 9.93. The maximum absolute atomic E-state index is 13.8. The number of carbonyl (C=O) groups is 1. The van der Waals surface area contributed by atoms with Gasteiger partial charge in [0.05, 0.1) is 28.0 Å². The average molecular weight is 538 g/mol. The van der Waals surface area contributed by atoms with Gasteiger partial charge in [0.25, 0.3) is 0 Å². The van der Waals surface area contributed by atoms with Gasteiger partial charge in [-0.15, -0.1) is 0 Å². The molecule has 3 aromatic rings. The molecule has 0 aliphatic heterocycles. The molecule has 3 atom stereocenters. The Labute approximate surface area is 218 Å². The molecule has 1 aromatic carbocycles. The second kappa shape index (κ2) is 11.6. The van der Waals surface area contributed by atoms with E-state index in [-0.39, 0.29) is 34.7 Å². The standard InChI is InChI=1S/C24H30Cl2FN7O2/c1-2-4-15(7-8-20(28)36)34-22-19(12-29-23(33-22)30-14-5-3-6-16(35)11-14)31-24(34)32-21-17(25)9-13(27)10-18(21)26/h9-10,12,14-16,35H,2-8,11H2,1H3,(H2,28,36)(H,31,32)(H,29,30,33)/t14-,15+,16?/m0/s1. The van der Waals surface area contributed by atoms with Gasteiger partial charge in [-0.05, 0) is 50.7 Å². The average Bonchev–Trinajstić information content (AvgIpc) is 3.16. The molecule has 0 bridgehead atoms. The van der Waals surface area contributed by atoms with Crippen LogP contribution in [0.15, 0.2) is 18.3 Å². The third kappa shape index (κ3) is 6.16. The largest absolute Gasteiger partial charge is 0.393 e. The molecule has 5 N–H and O–H groups in total. The van der Waals surface area contributed by atoms with Crippen LogP contribution in [0.4, 0.5) is 22.0 Å². The summed E-state index contributed by atoms with van der Waals surface area (Å²) in [5.74, 6) is -0.128. The second-order valence-electron chi connectivity index (χ2n) is 9.19. The van der Waals surface area contributed by atoms with Crippen LogP contribution >= 0.6 is 23.2 Å². The predicted molar refractivity (Wildman–Crippen MR) is 139 cm³/mol. The van der Waals surface area contributed by atoms with Gasteiger partial charge in [-0.25, -0.2) is 14.4 Å². The number of aliphatic hydroxyl groups is 1. The Hall–Kier alpha value is -2.69. The molecule has 2 aromatic heterocycles. The van der Waals surface area contributed by atoms with Gasteiger partial charge in [-0.1, -0.05) is 36.5 Å². The third-order valence-electron chi connectivity index (χ3n) is 6.37. The number of nitrogens with one attached hydrogen (secondary N) is 2. The lowest BCUT2D eigenvalue weighted by Crippen LogP contribution is -2.30. The van der Waals surface area contributed by atoms with Gasteiger partial charge in [0.1, 0.15) is 11.3 Å². The molecule has 0 radical (unpaired) electrons. The van der Waals surface area contributed by atoms with Gasteiger partial charge in [0.2, 0.25) is 17.8 Å². The number of nitrogens with zero attached hydrogens (tertiary/aromatic N) is 4. The zero-order chi connectivity index (χ0) is 25.8. The first kappa shape index (κ1) is 26.4. The zero-order valence-electron chi connectivity index (χ0n) is 20.0. The number of halogens is 3. The van der Waals surface area contributed by atoms with Crippen molar-refractivity contribution >= 4 is 57.9 Å². The van der Waals surface area contributed by atoms with Crippen molar-refractivity contribution in [3.8, 4) is 0 Å². The number of benzene rings is 1. The van der Waals surface area contributed by atoms with Crippen molar-refractivity contribution < 1.29 is 14.3 Å². The van der Waals surface area contributed by atoms with Crippen LogP contribution in [0.2, 0.25) is 10.0 Å². The van der Waals surface area contributed by atoms with Crippen molar-refractivity contribution in [2.24, 2.45) is 5.73 Å². The number of imidazole rings is 1. The van der Waals surface area contributed by atoms with E-state index in [1.807, 2.05) is 11.5 Å². The van der Waals surface area contributed by atoms with E-state index in [9.17, 15) is 14.3 Å². The first-order valence-corrected chi connectivity index (χ1v) is 12.9. The third-order valence-corrected chi connectivity index (χ3v) is 6.96. The maximum Gasteiger partial charge on any atom is 0.224 e. The number of rotatable bonds is 10. The molecule has 36 heavy (non-hydrogen) atoms. The van der Waals surface area contributed by atoms with Gasteiger partial charge in [0, 0.05) is 18.5 Å². The maximum atomic E-state index is 13.8. The van der Waals surface area contributed by atoms with Crippen molar-refractivity contribution in [2.45, 2.75) is 76.5 Å². The molecule has 12 heteroatoms. The molecule has 2 heterocycles. The molecule has 1 saturated carbocycles. The van der Waals surface area contributed by atoms with Gasteiger partial charge < -0.3 is 21.5 Å². The fourth-order valence-corrected chi connectivity index (χ4v) is 5.25. The molecule has 4 rings (SSSR count). The van der Waals surface area contributed by atoms with Gasteiger partial charge in [-0.3, -0.25) is 9.36 Å². The predicted octanol–water partition coefficient (Wildman–Crippen LogP) is 5.34. The summed E-state index contributed by atoms with van der Waals surface area (Å²) in [7, 11) is 0. The van der Waals surface area contributed by atoms with Crippen molar-refractivity contribution in [1.82, 2.24) is 19.5 Å². The fraction of sp³-hybridized carbons (Fsp3) is 0.500. The summed E-state index contributed by atoms with van der Waals surface area (Å²) < 4.78 is 15.7. The van der Waals surface area contributed by atoms with Crippen molar-refractivity contribution in [1.29, 1.82) is 0 Å². The molecule has 1 amide bonds. The van der Waals surface area contributed by atoms with Crippen molar-refractivity contribution in [2.75, 3.05) is 10.6 Å². The highest BCUT2D eigenvalue weighted by Gasteiger charge is 2.25. The lowest BCUT2D eigenvalue weighted by molar-refractivity contribution is -0.118. The van der Waals surface area contributed by atoms with E-state index in [0.29, 0.717) is 41.6 Å². The smallest absolute Gasteiger partial charge is 0.224 e. The van der Waals surface area contributed by atoms with Crippen LogP contribution in [0.25, 0.3) is 11.2 Å². The monoisotopic (exact) mass is 537 g/mol. The van der Waals surface area contributed by atoms with Crippen LogP contribution in [0.1, 0.15) is 64.3 Å². The summed E-state index contributed by atoms with van der Waals surface area (Å²) >= 11 is 12.6. The quantitative estimate of drug-likeness (QED) is 0.274. The SMILES string of the molecule is CCC[C@H](CCC(N)=O)n1c(Nc2c(Cl)cc(F)cc2Cl)nc2cnc(N[C@H]3CCCC(O)C3)nc21. The van der Waals surface area contributed by atoms with Crippen LogP contribution in [-0.4, -0.2) is 42.7 Å². The number of aromatic nitrogens is 4. The minimum Gasteiger partial charge on any atom is -0.393 e. The Bertz CT molecular complexity index is 1220. The molecule has 1 aliphatic carbocycles. The number of amides is 1. The summed E-state index contributed by atoms with van der Waals surface area (Å²) in [4.78, 5) is 25.5. The van der Waals surface area contributed by atoms with E-state index in [0.717, 1.165) is 32.1 Å². The van der Waals surface area contributed by atoms with Gasteiger partial charge in [0.15, 0.2) is 5.65 Å². The molecule has 1 fully saturated rings. The van der Waals surface area contributed by atoms with E-state index >= 15 is 0 Å². The van der Waals surface area contributed by atoms with Crippen LogP contribution in [-0.2, 0) is 4.79 Å². The van der Waals surface area contributed by atoms with Crippen LogP contribution in [0.5, 0.6) is 0 Å². The lowest BCUT2D eigenvalue weighted by Gasteiger charge is -2.26. The zero-order valence-corrected chi connectivity index (χ0v) is 21.5.